The van der Waals surface area contributed by atoms with Crippen LogP contribution in [0.15, 0.2) is 4.99 Å². The van der Waals surface area contributed by atoms with Gasteiger partial charge < -0.3 is 10.6 Å². The molecule has 0 aliphatic carbocycles. The summed E-state index contributed by atoms with van der Waals surface area (Å²) in [6, 6.07) is 0.109. The summed E-state index contributed by atoms with van der Waals surface area (Å²) in [6.07, 6.45) is 1.11. The molecule has 1 amide bonds. The molecule has 2 N–H and O–H groups in total. The lowest BCUT2D eigenvalue weighted by Crippen LogP contribution is -2.45. The van der Waals surface area contributed by atoms with Gasteiger partial charge in [-0.3, -0.25) is 9.79 Å². The second-order valence-electron chi connectivity index (χ2n) is 5.71. The number of nitrogens with one attached hydrogen (secondary N) is 2. The topological polar surface area (TPSA) is 53.5 Å². The van der Waals surface area contributed by atoms with Crippen LogP contribution in [0.1, 0.15) is 41.0 Å². The lowest BCUT2D eigenvalue weighted by molar-refractivity contribution is -0.122. The van der Waals surface area contributed by atoms with Gasteiger partial charge in [0, 0.05) is 12.3 Å². The zero-order chi connectivity index (χ0) is 13.8. The molecule has 1 rings (SSSR count). The molecule has 104 valence electrons. The Bertz CT molecular complexity index is 323. The summed E-state index contributed by atoms with van der Waals surface area (Å²) >= 11 is 1.71. The van der Waals surface area contributed by atoms with Gasteiger partial charge in [0.1, 0.15) is 6.04 Å². The largest absolute Gasteiger partial charge is 0.355 e. The smallest absolute Gasteiger partial charge is 0.242 e. The summed E-state index contributed by atoms with van der Waals surface area (Å²) in [5, 5.41) is 6.92. The zero-order valence-electron chi connectivity index (χ0n) is 12.0. The molecule has 4 nitrogen and oxygen atoms in total. The Kier molecular flexibility index (Phi) is 5.50. The van der Waals surface area contributed by atoms with E-state index in [1.165, 1.54) is 0 Å². The number of likely N-dealkylation sites (N-methyl/N-ethyl adjacent to an activating group) is 1. The number of thioether (sulfide) groups is 1. The van der Waals surface area contributed by atoms with E-state index in [1.807, 2.05) is 13.8 Å². The van der Waals surface area contributed by atoms with Gasteiger partial charge in [-0.1, -0.05) is 32.5 Å². The van der Waals surface area contributed by atoms with Gasteiger partial charge >= 0.3 is 0 Å². The highest BCUT2D eigenvalue weighted by atomic mass is 32.2. The number of nitrogens with zero attached hydrogens (tertiary/aromatic N) is 1. The van der Waals surface area contributed by atoms with Gasteiger partial charge in [0.15, 0.2) is 5.17 Å². The Morgan fingerprint density at radius 2 is 2.22 bits per heavy atom. The SMILES string of the molecule is CCNC(=O)C(C)NC1=NC(C(C)(C)C)CCS1. The Labute approximate surface area is 114 Å². The number of carbonyl (C=O) groups excluding carboxylic acids is 1. The van der Waals surface area contributed by atoms with Crippen LogP contribution in [0, 0.1) is 5.41 Å². The molecule has 1 aliphatic heterocycles. The molecule has 5 heteroatoms. The van der Waals surface area contributed by atoms with Crippen molar-refractivity contribution in [3.05, 3.63) is 0 Å². The Hall–Kier alpha value is -0.710. The third-order valence-corrected chi connectivity index (χ3v) is 3.92. The number of amides is 1. The fourth-order valence-corrected chi connectivity index (χ4v) is 2.79. The number of carbonyl (C=O) groups is 1. The van der Waals surface area contributed by atoms with Crippen LogP contribution in [0.25, 0.3) is 0 Å². The molecule has 18 heavy (non-hydrogen) atoms. The van der Waals surface area contributed by atoms with Crippen molar-refractivity contribution in [2.75, 3.05) is 12.3 Å². The fourth-order valence-electron chi connectivity index (χ4n) is 1.79. The first-order valence-electron chi connectivity index (χ1n) is 6.59. The van der Waals surface area contributed by atoms with Crippen LogP contribution in [0.4, 0.5) is 0 Å². The van der Waals surface area contributed by atoms with E-state index in [0.29, 0.717) is 12.6 Å². The molecule has 0 saturated carbocycles. The molecule has 1 heterocycles. The molecule has 0 aromatic rings. The minimum atomic E-state index is -0.227. The summed E-state index contributed by atoms with van der Waals surface area (Å²) in [7, 11) is 0. The van der Waals surface area contributed by atoms with Crippen molar-refractivity contribution >= 4 is 22.8 Å². The van der Waals surface area contributed by atoms with Crippen molar-refractivity contribution in [2.24, 2.45) is 10.4 Å². The molecule has 0 spiro atoms. The molecule has 0 aromatic heterocycles. The Morgan fingerprint density at radius 3 is 2.78 bits per heavy atom. The highest BCUT2D eigenvalue weighted by Crippen LogP contribution is 2.30. The summed E-state index contributed by atoms with van der Waals surface area (Å²) in [5.41, 5.74) is 0.183. The molecule has 0 bridgehead atoms. The maximum Gasteiger partial charge on any atom is 0.242 e. The van der Waals surface area contributed by atoms with Crippen LogP contribution in [0.5, 0.6) is 0 Å². The van der Waals surface area contributed by atoms with Crippen LogP contribution >= 0.6 is 11.8 Å². The quantitative estimate of drug-likeness (QED) is 0.825. The van der Waals surface area contributed by atoms with E-state index in [-0.39, 0.29) is 17.4 Å². The highest BCUT2D eigenvalue weighted by molar-refractivity contribution is 8.13. The number of rotatable bonds is 3. The highest BCUT2D eigenvalue weighted by Gasteiger charge is 2.28. The fraction of sp³-hybridized carbons (Fsp3) is 0.846. The summed E-state index contributed by atoms with van der Waals surface area (Å²) < 4.78 is 0. The maximum absolute atomic E-state index is 11.7. The third-order valence-electron chi connectivity index (χ3n) is 2.99. The van der Waals surface area contributed by atoms with Gasteiger partial charge in [-0.15, -0.1) is 0 Å². The first-order chi connectivity index (χ1) is 8.34. The van der Waals surface area contributed by atoms with Gasteiger partial charge in [0.2, 0.25) is 5.91 Å². The lowest BCUT2D eigenvalue weighted by Gasteiger charge is -2.31. The average Bonchev–Trinajstić information content (AvgIpc) is 2.28. The molecule has 2 unspecified atom stereocenters. The number of amidine groups is 1. The average molecular weight is 271 g/mol. The van der Waals surface area contributed by atoms with Crippen LogP contribution < -0.4 is 10.6 Å². The molecular weight excluding hydrogens is 246 g/mol. The first kappa shape index (κ1) is 15.3. The molecule has 1 aliphatic rings. The molecular formula is C13H25N3OS. The van der Waals surface area contributed by atoms with E-state index in [1.54, 1.807) is 11.8 Å². The standard InChI is InChI=1S/C13H25N3OS/c1-6-14-11(17)9(2)15-12-16-10(7-8-18-12)13(3,4)5/h9-10H,6-8H2,1-5H3,(H,14,17)(H,15,16). The van der Waals surface area contributed by atoms with Crippen LogP contribution in [0.2, 0.25) is 0 Å². The van der Waals surface area contributed by atoms with Gasteiger partial charge in [-0.05, 0) is 25.7 Å². The summed E-state index contributed by atoms with van der Waals surface area (Å²) in [5.74, 6) is 1.09. The molecule has 0 fully saturated rings. The number of hydrogen-bond acceptors (Lipinski definition) is 4. The second kappa shape index (κ2) is 6.45. The van der Waals surface area contributed by atoms with Crippen LogP contribution in [0.3, 0.4) is 0 Å². The minimum absolute atomic E-state index is 0.0266. The minimum Gasteiger partial charge on any atom is -0.355 e. The Morgan fingerprint density at radius 1 is 1.56 bits per heavy atom. The van der Waals surface area contributed by atoms with Crippen molar-refractivity contribution in [1.82, 2.24) is 10.6 Å². The van der Waals surface area contributed by atoms with E-state index >= 15 is 0 Å². The Balaban J connectivity index is 2.61. The predicted octanol–water partition coefficient (Wildman–Crippen LogP) is 2.01. The summed E-state index contributed by atoms with van der Waals surface area (Å²) in [4.78, 5) is 16.4. The molecule has 0 radical (unpaired) electrons. The van der Waals surface area contributed by atoms with Crippen molar-refractivity contribution in [1.29, 1.82) is 0 Å². The predicted molar refractivity (Wildman–Crippen MR) is 79.0 cm³/mol. The third kappa shape index (κ3) is 4.52. The first-order valence-corrected chi connectivity index (χ1v) is 7.58. The van der Waals surface area contributed by atoms with E-state index in [9.17, 15) is 4.79 Å². The van der Waals surface area contributed by atoms with E-state index in [2.05, 4.69) is 31.4 Å². The lowest BCUT2D eigenvalue weighted by atomic mass is 9.85. The van der Waals surface area contributed by atoms with Crippen molar-refractivity contribution in [2.45, 2.75) is 53.1 Å². The van der Waals surface area contributed by atoms with Crippen molar-refractivity contribution < 1.29 is 4.79 Å². The van der Waals surface area contributed by atoms with Crippen LogP contribution in [-0.4, -0.2) is 35.5 Å². The molecule has 2 atom stereocenters. The summed E-state index contributed by atoms with van der Waals surface area (Å²) in [6.45, 7) is 11.1. The normalized spacial score (nSPS) is 22.1. The second-order valence-corrected chi connectivity index (χ2v) is 6.80. The monoisotopic (exact) mass is 271 g/mol. The van der Waals surface area contributed by atoms with Gasteiger partial charge in [0.25, 0.3) is 0 Å². The van der Waals surface area contributed by atoms with Crippen molar-refractivity contribution in [3.63, 3.8) is 0 Å². The number of aliphatic imine (C=N–C) groups is 1. The van der Waals surface area contributed by atoms with E-state index in [0.717, 1.165) is 17.3 Å². The van der Waals surface area contributed by atoms with Gasteiger partial charge in [-0.25, -0.2) is 0 Å². The maximum atomic E-state index is 11.7. The molecule has 0 aromatic carbocycles. The van der Waals surface area contributed by atoms with E-state index < -0.39 is 0 Å². The van der Waals surface area contributed by atoms with E-state index in [4.69, 9.17) is 4.99 Å². The van der Waals surface area contributed by atoms with Crippen molar-refractivity contribution in [3.8, 4) is 0 Å². The number of hydrogen-bond donors (Lipinski definition) is 2. The zero-order valence-corrected chi connectivity index (χ0v) is 12.9. The van der Waals surface area contributed by atoms with Gasteiger partial charge in [-0.2, -0.15) is 0 Å². The van der Waals surface area contributed by atoms with Gasteiger partial charge in [0.05, 0.1) is 6.04 Å². The molecule has 0 saturated heterocycles. The van der Waals surface area contributed by atoms with Crippen LogP contribution in [-0.2, 0) is 4.79 Å².